The number of halogens is 2. The molecule has 2 amide bonds. The molecule has 4 N–H and O–H groups in total. The summed E-state index contributed by atoms with van der Waals surface area (Å²) in [6, 6.07) is 7.57. The van der Waals surface area contributed by atoms with Crippen molar-refractivity contribution in [3.63, 3.8) is 0 Å². The van der Waals surface area contributed by atoms with Gasteiger partial charge in [0, 0.05) is 46.0 Å². The number of guanidine groups is 1. The highest BCUT2D eigenvalue weighted by atomic mass is 35.5. The molecule has 216 valence electrons. The van der Waals surface area contributed by atoms with Gasteiger partial charge in [-0.3, -0.25) is 14.6 Å². The number of pyridine rings is 1. The van der Waals surface area contributed by atoms with Crippen molar-refractivity contribution < 1.29 is 24.6 Å². The molecule has 4 heterocycles. The van der Waals surface area contributed by atoms with E-state index in [0.717, 1.165) is 5.52 Å². The molecular weight excluding hydrogens is 573 g/mol. The van der Waals surface area contributed by atoms with Gasteiger partial charge in [0.05, 0.1) is 27.2 Å². The summed E-state index contributed by atoms with van der Waals surface area (Å²) in [6.07, 6.45) is 2.26. The normalized spacial score (nSPS) is 17.9. The van der Waals surface area contributed by atoms with Crippen molar-refractivity contribution in [2.45, 2.75) is 31.5 Å². The number of benzene rings is 1. The first-order valence-corrected chi connectivity index (χ1v) is 13.8. The maximum Gasteiger partial charge on any atom is 0.328 e. The molecule has 0 spiro atoms. The number of aliphatic imine (C=N–C) groups is 1. The quantitative estimate of drug-likeness (QED) is 0.246. The van der Waals surface area contributed by atoms with Crippen LogP contribution >= 0.6 is 23.2 Å². The summed E-state index contributed by atoms with van der Waals surface area (Å²) in [4.78, 5) is 46.0. The molecule has 0 unspecified atom stereocenters. The van der Waals surface area contributed by atoms with Crippen molar-refractivity contribution in [3.8, 4) is 0 Å². The summed E-state index contributed by atoms with van der Waals surface area (Å²) in [6.45, 7) is 1.39. The average molecular weight is 602 g/mol. The van der Waals surface area contributed by atoms with Crippen molar-refractivity contribution in [2.75, 3.05) is 33.2 Å². The Bertz CT molecular complexity index is 1510. The van der Waals surface area contributed by atoms with Crippen LogP contribution in [0.5, 0.6) is 0 Å². The van der Waals surface area contributed by atoms with E-state index < -0.39 is 24.0 Å². The number of aliphatic hydroxyl groups excluding tert-OH is 1. The van der Waals surface area contributed by atoms with E-state index in [0.29, 0.717) is 55.3 Å². The van der Waals surface area contributed by atoms with Crippen molar-refractivity contribution >= 4 is 52.5 Å². The van der Waals surface area contributed by atoms with E-state index in [1.165, 1.54) is 0 Å². The number of rotatable bonds is 6. The SMILES string of the molecule is CN=C(NC[C@H](NC(=O)c1c(Cl)cc2c(c1Cl)CCN(C(=O)c1cc3ccccn3n1)C2)C(=O)O)N1CC[C@@H](O)C1. The standard InChI is InChI=1S/C27H29Cl2N7O5/c1-30-27(35-8-5-17(37)14-35)31-12-21(26(40)41)32-24(38)22-19(28)10-15-13-34(9-6-18(15)23(22)29)25(39)20-11-16-4-2-3-7-36(16)33-20/h2-4,7,10-11,17,21,37H,5-6,8-9,12-14H2,1H3,(H,30,31)(H,32,38)(H,40,41)/t17-,21+/m1/s1. The summed E-state index contributed by atoms with van der Waals surface area (Å²) < 4.78 is 1.64. The number of likely N-dealkylation sites (tertiary alicyclic amines) is 1. The number of amides is 2. The number of β-amino-alcohol motifs (C(OH)–C–C–N with tert-alkyl or cyclic N) is 1. The fourth-order valence-electron chi connectivity index (χ4n) is 5.13. The number of nitrogens with zero attached hydrogens (tertiary/aromatic N) is 5. The molecule has 3 aromatic rings. The van der Waals surface area contributed by atoms with E-state index >= 15 is 0 Å². The highest BCUT2D eigenvalue weighted by Crippen LogP contribution is 2.35. The van der Waals surface area contributed by atoms with Crippen LogP contribution in [0.2, 0.25) is 10.0 Å². The molecule has 0 aliphatic carbocycles. The van der Waals surface area contributed by atoms with Crippen molar-refractivity contribution in [1.29, 1.82) is 0 Å². The fourth-order valence-corrected chi connectivity index (χ4v) is 5.89. The number of nitrogens with one attached hydrogen (secondary N) is 2. The summed E-state index contributed by atoms with van der Waals surface area (Å²) in [5.41, 5.74) is 2.48. The van der Waals surface area contributed by atoms with Gasteiger partial charge < -0.3 is 30.6 Å². The lowest BCUT2D eigenvalue weighted by Crippen LogP contribution is -2.51. The molecule has 2 atom stereocenters. The van der Waals surface area contributed by atoms with Gasteiger partial charge in [0.1, 0.15) is 6.04 Å². The van der Waals surface area contributed by atoms with Crippen LogP contribution in [0.25, 0.3) is 5.52 Å². The lowest BCUT2D eigenvalue weighted by molar-refractivity contribution is -0.139. The molecule has 1 aromatic carbocycles. The van der Waals surface area contributed by atoms with E-state index in [2.05, 4.69) is 20.7 Å². The lowest BCUT2D eigenvalue weighted by atomic mass is 9.96. The van der Waals surface area contributed by atoms with Crippen molar-refractivity contribution in [2.24, 2.45) is 4.99 Å². The molecule has 2 aromatic heterocycles. The van der Waals surface area contributed by atoms with Crippen molar-refractivity contribution in [1.82, 2.24) is 30.0 Å². The summed E-state index contributed by atoms with van der Waals surface area (Å²) >= 11 is 13.2. The van der Waals surface area contributed by atoms with Crippen LogP contribution in [0.1, 0.15) is 38.4 Å². The number of carbonyl (C=O) groups excluding carboxylic acids is 2. The predicted molar refractivity (Wildman–Crippen MR) is 153 cm³/mol. The second-order valence-electron chi connectivity index (χ2n) is 9.94. The number of carbonyl (C=O) groups is 3. The highest BCUT2D eigenvalue weighted by Gasteiger charge is 2.31. The number of aromatic nitrogens is 2. The summed E-state index contributed by atoms with van der Waals surface area (Å²) in [7, 11) is 1.56. The minimum absolute atomic E-state index is 0.0227. The third-order valence-corrected chi connectivity index (χ3v) is 7.97. The molecule has 2 aliphatic rings. The fraction of sp³-hybridized carbons (Fsp3) is 0.370. The number of hydrogen-bond acceptors (Lipinski definition) is 6. The Morgan fingerprint density at radius 1 is 1.20 bits per heavy atom. The molecule has 12 nitrogen and oxygen atoms in total. The zero-order valence-electron chi connectivity index (χ0n) is 22.2. The van der Waals surface area contributed by atoms with Gasteiger partial charge in [0.25, 0.3) is 11.8 Å². The Labute approximate surface area is 245 Å². The molecule has 1 saturated heterocycles. The van der Waals surface area contributed by atoms with Crippen LogP contribution in [0, 0.1) is 0 Å². The van der Waals surface area contributed by atoms with Gasteiger partial charge in [0.2, 0.25) is 0 Å². The van der Waals surface area contributed by atoms with Gasteiger partial charge in [-0.1, -0.05) is 29.3 Å². The Hall–Kier alpha value is -3.87. The maximum absolute atomic E-state index is 13.2. The Kier molecular flexibility index (Phi) is 8.34. The van der Waals surface area contributed by atoms with Crippen LogP contribution in [0.15, 0.2) is 41.5 Å². The first-order valence-electron chi connectivity index (χ1n) is 13.1. The summed E-state index contributed by atoms with van der Waals surface area (Å²) in [5.74, 6) is -1.79. The smallest absolute Gasteiger partial charge is 0.328 e. The monoisotopic (exact) mass is 601 g/mol. The number of carboxylic acids is 1. The zero-order valence-corrected chi connectivity index (χ0v) is 23.7. The Morgan fingerprint density at radius 2 is 2.00 bits per heavy atom. The Balaban J connectivity index is 1.28. The average Bonchev–Trinajstić information content (AvgIpc) is 3.58. The number of fused-ring (bicyclic) bond motifs is 2. The van der Waals surface area contributed by atoms with Gasteiger partial charge in [-0.05, 0) is 48.2 Å². The molecule has 1 fully saturated rings. The predicted octanol–water partition coefficient (Wildman–Crippen LogP) is 1.66. The molecule has 2 aliphatic heterocycles. The van der Waals surface area contributed by atoms with Gasteiger partial charge in [-0.2, -0.15) is 5.10 Å². The van der Waals surface area contributed by atoms with E-state index in [1.54, 1.807) is 34.8 Å². The molecule has 14 heteroatoms. The molecule has 0 radical (unpaired) electrons. The summed E-state index contributed by atoms with van der Waals surface area (Å²) in [5, 5.41) is 29.5. The molecule has 0 bridgehead atoms. The molecule has 5 rings (SSSR count). The second-order valence-corrected chi connectivity index (χ2v) is 10.7. The van der Waals surface area contributed by atoms with Gasteiger partial charge in [-0.25, -0.2) is 9.31 Å². The van der Waals surface area contributed by atoms with E-state index in [-0.39, 0.29) is 34.6 Å². The van der Waals surface area contributed by atoms with Crippen LogP contribution < -0.4 is 10.6 Å². The van der Waals surface area contributed by atoms with E-state index in [9.17, 15) is 24.6 Å². The Morgan fingerprint density at radius 3 is 2.68 bits per heavy atom. The minimum Gasteiger partial charge on any atom is -0.480 e. The molecule has 41 heavy (non-hydrogen) atoms. The number of hydrogen-bond donors (Lipinski definition) is 4. The zero-order chi connectivity index (χ0) is 29.3. The molecule has 0 saturated carbocycles. The van der Waals surface area contributed by atoms with Gasteiger partial charge in [0.15, 0.2) is 11.7 Å². The van der Waals surface area contributed by atoms with Crippen molar-refractivity contribution in [3.05, 3.63) is 69.0 Å². The van der Waals surface area contributed by atoms with Gasteiger partial charge in [-0.15, -0.1) is 0 Å². The topological polar surface area (TPSA) is 152 Å². The van der Waals surface area contributed by atoms with Crippen LogP contribution in [0.3, 0.4) is 0 Å². The first-order chi connectivity index (χ1) is 19.7. The van der Waals surface area contributed by atoms with Crippen LogP contribution in [0.4, 0.5) is 0 Å². The minimum atomic E-state index is -1.31. The third-order valence-electron chi connectivity index (χ3n) is 7.25. The number of aliphatic carboxylic acids is 1. The van der Waals surface area contributed by atoms with E-state index in [4.69, 9.17) is 23.2 Å². The highest BCUT2D eigenvalue weighted by molar-refractivity contribution is 6.40. The molecular formula is C27H29Cl2N7O5. The largest absolute Gasteiger partial charge is 0.480 e. The maximum atomic E-state index is 13.2. The van der Waals surface area contributed by atoms with Crippen LogP contribution in [-0.2, 0) is 17.8 Å². The van der Waals surface area contributed by atoms with Crippen LogP contribution in [-0.4, -0.2) is 98.7 Å². The third kappa shape index (κ3) is 5.95. The first kappa shape index (κ1) is 28.7. The second kappa shape index (κ2) is 11.9. The number of carboxylic acid groups (broad SMARTS) is 1. The van der Waals surface area contributed by atoms with E-state index in [1.807, 2.05) is 23.1 Å². The number of aliphatic hydroxyl groups is 1. The van der Waals surface area contributed by atoms with Gasteiger partial charge >= 0.3 is 5.97 Å². The lowest BCUT2D eigenvalue weighted by Gasteiger charge is -2.30.